The van der Waals surface area contributed by atoms with Crippen molar-refractivity contribution in [2.75, 3.05) is 26.9 Å². The normalized spacial score (nSPS) is 11.2. The van der Waals surface area contributed by atoms with Crippen LogP contribution in [0, 0.1) is 0 Å². The van der Waals surface area contributed by atoms with Gasteiger partial charge in [-0.3, -0.25) is 9.80 Å². The minimum atomic E-state index is -0.137. The molecule has 0 aliphatic rings. The van der Waals surface area contributed by atoms with Crippen molar-refractivity contribution in [1.82, 2.24) is 5.01 Å². The van der Waals surface area contributed by atoms with Gasteiger partial charge in [-0.2, -0.15) is 0 Å². The molecule has 0 bridgehead atoms. The number of rotatable bonds is 4. The van der Waals surface area contributed by atoms with Crippen LogP contribution in [0.4, 0.5) is 11.4 Å². The van der Waals surface area contributed by atoms with Crippen LogP contribution in [0.3, 0.4) is 0 Å². The summed E-state index contributed by atoms with van der Waals surface area (Å²) < 4.78 is 10.9. The van der Waals surface area contributed by atoms with Crippen LogP contribution >= 0.6 is 0 Å². The number of methoxy groups -OCH3 is 1. The summed E-state index contributed by atoms with van der Waals surface area (Å²) in [5.74, 6) is 0.562. The van der Waals surface area contributed by atoms with Crippen molar-refractivity contribution in [3.63, 3.8) is 0 Å². The Hall–Kier alpha value is -3.35. The van der Waals surface area contributed by atoms with Crippen molar-refractivity contribution in [3.8, 4) is 16.9 Å². The standard InChI is InChI=1S/C18H18N4O3/c1-22(2)21-20-15-8-11(4-7-16(15)24-3)14-10-25-17-9-12(19)5-6-13(17)18(14)23/h4-10H,19H2,1-3H3. The van der Waals surface area contributed by atoms with E-state index in [0.717, 1.165) is 0 Å². The van der Waals surface area contributed by atoms with Gasteiger partial charge in [-0.05, 0) is 29.8 Å². The van der Waals surface area contributed by atoms with E-state index in [-0.39, 0.29) is 5.43 Å². The number of benzene rings is 2. The van der Waals surface area contributed by atoms with Crippen LogP contribution in [0.1, 0.15) is 0 Å². The van der Waals surface area contributed by atoms with Crippen molar-refractivity contribution in [1.29, 1.82) is 0 Å². The molecule has 0 saturated carbocycles. The number of hydrogen-bond acceptors (Lipinski definition) is 6. The lowest BCUT2D eigenvalue weighted by molar-refractivity contribution is 0.399. The first-order valence-corrected chi connectivity index (χ1v) is 7.58. The zero-order chi connectivity index (χ0) is 18.0. The number of ether oxygens (including phenoxy) is 1. The summed E-state index contributed by atoms with van der Waals surface area (Å²) in [6, 6.07) is 10.2. The van der Waals surface area contributed by atoms with Crippen LogP contribution < -0.4 is 15.9 Å². The molecular formula is C18H18N4O3. The number of nitrogen functional groups attached to an aromatic ring is 1. The van der Waals surface area contributed by atoms with E-state index >= 15 is 0 Å². The second-order valence-electron chi connectivity index (χ2n) is 5.66. The monoisotopic (exact) mass is 338 g/mol. The zero-order valence-corrected chi connectivity index (χ0v) is 14.2. The summed E-state index contributed by atoms with van der Waals surface area (Å²) in [5.41, 5.74) is 8.21. The molecule has 0 aliphatic carbocycles. The van der Waals surface area contributed by atoms with E-state index in [4.69, 9.17) is 14.9 Å². The van der Waals surface area contributed by atoms with Crippen LogP contribution in [0.5, 0.6) is 5.75 Å². The van der Waals surface area contributed by atoms with E-state index in [9.17, 15) is 4.79 Å². The number of fused-ring (bicyclic) bond motifs is 1. The fraction of sp³-hybridized carbons (Fsp3) is 0.167. The third-order valence-electron chi connectivity index (χ3n) is 3.62. The lowest BCUT2D eigenvalue weighted by Gasteiger charge is -2.08. The molecule has 25 heavy (non-hydrogen) atoms. The molecule has 2 aromatic carbocycles. The number of nitrogens with zero attached hydrogens (tertiary/aromatic N) is 3. The molecular weight excluding hydrogens is 320 g/mol. The third-order valence-corrected chi connectivity index (χ3v) is 3.62. The Bertz CT molecular complexity index is 1010. The Morgan fingerprint density at radius 2 is 1.96 bits per heavy atom. The predicted molar refractivity (Wildman–Crippen MR) is 97.1 cm³/mol. The maximum atomic E-state index is 12.8. The topological polar surface area (TPSA) is 93.4 Å². The summed E-state index contributed by atoms with van der Waals surface area (Å²) in [6.07, 6.45) is 1.43. The van der Waals surface area contributed by atoms with E-state index in [1.54, 1.807) is 62.6 Å². The first kappa shape index (κ1) is 16.5. The van der Waals surface area contributed by atoms with Crippen LogP contribution in [0.2, 0.25) is 0 Å². The third kappa shape index (κ3) is 3.30. The molecule has 0 atom stereocenters. The minimum absolute atomic E-state index is 0.137. The average molecular weight is 338 g/mol. The largest absolute Gasteiger partial charge is 0.494 e. The number of anilines is 1. The van der Waals surface area contributed by atoms with E-state index in [0.29, 0.717) is 39.2 Å². The van der Waals surface area contributed by atoms with Crippen molar-refractivity contribution in [2.24, 2.45) is 10.3 Å². The van der Waals surface area contributed by atoms with Crippen LogP contribution in [-0.4, -0.2) is 26.2 Å². The number of nitrogens with two attached hydrogens (primary N) is 1. The summed E-state index contributed by atoms with van der Waals surface area (Å²) in [7, 11) is 5.09. The molecule has 1 aromatic heterocycles. The molecule has 0 radical (unpaired) electrons. The SMILES string of the molecule is COc1ccc(-c2coc3cc(N)ccc3c2=O)cc1N=NN(C)C. The fourth-order valence-corrected chi connectivity index (χ4v) is 2.42. The second-order valence-corrected chi connectivity index (χ2v) is 5.66. The van der Waals surface area contributed by atoms with Gasteiger partial charge in [0.1, 0.15) is 23.3 Å². The molecule has 2 N–H and O–H groups in total. The molecule has 3 aromatic rings. The van der Waals surface area contributed by atoms with E-state index in [1.165, 1.54) is 6.26 Å². The molecule has 0 saturated heterocycles. The Morgan fingerprint density at radius 3 is 2.68 bits per heavy atom. The van der Waals surface area contributed by atoms with Gasteiger partial charge < -0.3 is 14.9 Å². The van der Waals surface area contributed by atoms with E-state index in [2.05, 4.69) is 10.3 Å². The van der Waals surface area contributed by atoms with Crippen molar-refractivity contribution in [2.45, 2.75) is 0 Å². The molecule has 1 heterocycles. The lowest BCUT2D eigenvalue weighted by Crippen LogP contribution is -2.05. The average Bonchev–Trinajstić information content (AvgIpc) is 2.60. The highest BCUT2D eigenvalue weighted by Crippen LogP contribution is 2.32. The van der Waals surface area contributed by atoms with Crippen molar-refractivity contribution < 1.29 is 9.15 Å². The molecule has 7 heteroatoms. The van der Waals surface area contributed by atoms with Gasteiger partial charge in [0.25, 0.3) is 0 Å². The minimum Gasteiger partial charge on any atom is -0.494 e. The van der Waals surface area contributed by atoms with Gasteiger partial charge in [-0.25, -0.2) is 0 Å². The molecule has 0 fully saturated rings. The Morgan fingerprint density at radius 1 is 1.16 bits per heavy atom. The van der Waals surface area contributed by atoms with Gasteiger partial charge in [0.05, 0.1) is 18.1 Å². The van der Waals surface area contributed by atoms with Gasteiger partial charge in [-0.15, -0.1) is 5.11 Å². The molecule has 0 aliphatic heterocycles. The maximum Gasteiger partial charge on any atom is 0.200 e. The van der Waals surface area contributed by atoms with Gasteiger partial charge in [0.2, 0.25) is 0 Å². The van der Waals surface area contributed by atoms with E-state index in [1.807, 2.05) is 0 Å². The summed E-state index contributed by atoms with van der Waals surface area (Å²) in [5, 5.41) is 10.2. The van der Waals surface area contributed by atoms with Crippen LogP contribution in [0.25, 0.3) is 22.1 Å². The van der Waals surface area contributed by atoms with Crippen LogP contribution in [0.15, 0.2) is 62.2 Å². The smallest absolute Gasteiger partial charge is 0.200 e. The highest BCUT2D eigenvalue weighted by molar-refractivity contribution is 5.84. The molecule has 128 valence electrons. The summed E-state index contributed by atoms with van der Waals surface area (Å²) in [4.78, 5) is 12.8. The fourth-order valence-electron chi connectivity index (χ4n) is 2.42. The van der Waals surface area contributed by atoms with Gasteiger partial charge in [0, 0.05) is 25.8 Å². The highest BCUT2D eigenvalue weighted by Gasteiger charge is 2.12. The molecule has 0 spiro atoms. The second kappa shape index (κ2) is 6.64. The number of hydrogen-bond donors (Lipinski definition) is 1. The molecule has 0 unspecified atom stereocenters. The van der Waals surface area contributed by atoms with Gasteiger partial charge in [0.15, 0.2) is 5.43 Å². The lowest BCUT2D eigenvalue weighted by atomic mass is 10.0. The highest BCUT2D eigenvalue weighted by atomic mass is 16.5. The molecule has 3 rings (SSSR count). The van der Waals surface area contributed by atoms with Crippen LogP contribution in [-0.2, 0) is 0 Å². The first-order chi connectivity index (χ1) is 12.0. The summed E-state index contributed by atoms with van der Waals surface area (Å²) >= 11 is 0. The quantitative estimate of drug-likeness (QED) is 0.445. The Labute approximate surface area is 144 Å². The van der Waals surface area contributed by atoms with Gasteiger partial charge >= 0.3 is 0 Å². The van der Waals surface area contributed by atoms with E-state index < -0.39 is 0 Å². The Balaban J connectivity index is 2.15. The van der Waals surface area contributed by atoms with Gasteiger partial charge in [-0.1, -0.05) is 11.3 Å². The predicted octanol–water partition coefficient (Wildman–Crippen LogP) is 3.61. The molecule has 0 amide bonds. The summed E-state index contributed by atoms with van der Waals surface area (Å²) in [6.45, 7) is 0. The molecule has 7 nitrogen and oxygen atoms in total. The zero-order valence-electron chi connectivity index (χ0n) is 14.2. The Kier molecular flexibility index (Phi) is 4.38. The van der Waals surface area contributed by atoms with Crippen molar-refractivity contribution >= 4 is 22.3 Å². The maximum absolute atomic E-state index is 12.8. The first-order valence-electron chi connectivity index (χ1n) is 7.58. The van der Waals surface area contributed by atoms with Crippen molar-refractivity contribution in [3.05, 3.63) is 52.9 Å².